The second-order valence-electron chi connectivity index (χ2n) is 6.40. The minimum atomic E-state index is -0.897. The highest BCUT2D eigenvalue weighted by atomic mass is 35.5. The highest BCUT2D eigenvalue weighted by molar-refractivity contribution is 6.33. The van der Waals surface area contributed by atoms with Crippen LogP contribution >= 0.6 is 23.2 Å². The number of benzene rings is 2. The number of hydrogen-bond acceptors (Lipinski definition) is 6. The summed E-state index contributed by atoms with van der Waals surface area (Å²) in [5.41, 5.74) is 0.619. The van der Waals surface area contributed by atoms with Crippen molar-refractivity contribution in [1.29, 1.82) is 0 Å². The molecule has 0 aliphatic carbocycles. The van der Waals surface area contributed by atoms with Crippen molar-refractivity contribution in [2.24, 2.45) is 0 Å². The van der Waals surface area contributed by atoms with Crippen molar-refractivity contribution in [3.05, 3.63) is 57.6 Å². The predicted molar refractivity (Wildman–Crippen MR) is 118 cm³/mol. The fourth-order valence-electron chi connectivity index (χ4n) is 2.72. The van der Waals surface area contributed by atoms with Crippen LogP contribution in [0.25, 0.3) is 6.08 Å². The van der Waals surface area contributed by atoms with Gasteiger partial charge in [-0.3, -0.25) is 25.0 Å². The van der Waals surface area contributed by atoms with E-state index in [1.165, 1.54) is 18.2 Å². The van der Waals surface area contributed by atoms with Gasteiger partial charge in [-0.25, -0.2) is 4.79 Å². The first-order chi connectivity index (χ1) is 15.3. The van der Waals surface area contributed by atoms with Gasteiger partial charge in [0, 0.05) is 10.7 Å². The molecule has 1 saturated heterocycles. The summed E-state index contributed by atoms with van der Waals surface area (Å²) in [6.45, 7) is 1.65. The molecule has 3 rings (SSSR count). The van der Waals surface area contributed by atoms with E-state index < -0.39 is 23.8 Å². The molecule has 0 unspecified atom stereocenters. The number of carbonyl (C=O) groups is 4. The van der Waals surface area contributed by atoms with Crippen molar-refractivity contribution in [3.63, 3.8) is 0 Å². The number of barbiturate groups is 1. The van der Waals surface area contributed by atoms with Gasteiger partial charge >= 0.3 is 6.03 Å². The normalized spacial score (nSPS) is 13.2. The van der Waals surface area contributed by atoms with Crippen LogP contribution in [0.4, 0.5) is 10.5 Å². The van der Waals surface area contributed by atoms with Gasteiger partial charge in [-0.15, -0.1) is 0 Å². The van der Waals surface area contributed by atoms with Gasteiger partial charge in [-0.2, -0.15) is 0 Å². The van der Waals surface area contributed by atoms with Crippen molar-refractivity contribution < 1.29 is 28.7 Å². The second-order valence-corrected chi connectivity index (χ2v) is 7.25. The van der Waals surface area contributed by atoms with Gasteiger partial charge in [0.2, 0.25) is 0 Å². The molecule has 0 spiro atoms. The fraction of sp³-hybridized carbons (Fsp3) is 0.143. The van der Waals surface area contributed by atoms with Crippen LogP contribution in [0, 0.1) is 0 Å². The highest BCUT2D eigenvalue weighted by Crippen LogP contribution is 2.37. The van der Waals surface area contributed by atoms with Gasteiger partial charge in [0.15, 0.2) is 18.1 Å². The number of urea groups is 1. The third kappa shape index (κ3) is 5.77. The lowest BCUT2D eigenvalue weighted by molar-refractivity contribution is -0.124. The maximum atomic E-state index is 12.2. The summed E-state index contributed by atoms with van der Waals surface area (Å²) < 4.78 is 11.1. The quantitative estimate of drug-likeness (QED) is 0.415. The Kier molecular flexibility index (Phi) is 7.34. The number of rotatable bonds is 7. The number of hydrogen-bond donors (Lipinski definition) is 3. The smallest absolute Gasteiger partial charge is 0.328 e. The topological polar surface area (TPSA) is 123 Å². The highest BCUT2D eigenvalue weighted by Gasteiger charge is 2.28. The number of anilines is 1. The number of carbonyl (C=O) groups excluding carboxylic acids is 4. The molecular formula is C21H17Cl2N3O6. The van der Waals surface area contributed by atoms with E-state index in [1.54, 1.807) is 31.2 Å². The molecule has 11 heteroatoms. The minimum Gasteiger partial charge on any atom is -0.490 e. The zero-order valence-corrected chi connectivity index (χ0v) is 18.2. The van der Waals surface area contributed by atoms with Gasteiger partial charge in [0.05, 0.1) is 11.6 Å². The van der Waals surface area contributed by atoms with Crippen molar-refractivity contribution in [2.75, 3.05) is 18.5 Å². The van der Waals surface area contributed by atoms with Crippen LogP contribution in [-0.2, 0) is 14.4 Å². The zero-order valence-electron chi connectivity index (χ0n) is 16.7. The third-order valence-electron chi connectivity index (χ3n) is 4.06. The van der Waals surface area contributed by atoms with Crippen LogP contribution in [0.15, 0.2) is 42.0 Å². The lowest BCUT2D eigenvalue weighted by atomic mass is 10.1. The van der Waals surface area contributed by atoms with Crippen molar-refractivity contribution in [1.82, 2.24) is 10.6 Å². The second kappa shape index (κ2) is 10.2. The van der Waals surface area contributed by atoms with E-state index in [-0.39, 0.29) is 35.3 Å². The fourth-order valence-corrected chi connectivity index (χ4v) is 3.11. The Hall–Kier alpha value is -3.56. The summed E-state index contributed by atoms with van der Waals surface area (Å²) >= 11 is 12.1. The molecule has 0 radical (unpaired) electrons. The maximum Gasteiger partial charge on any atom is 0.328 e. The summed E-state index contributed by atoms with van der Waals surface area (Å²) in [6, 6.07) is 8.59. The Morgan fingerprint density at radius 2 is 1.69 bits per heavy atom. The predicted octanol–water partition coefficient (Wildman–Crippen LogP) is 3.16. The molecule has 1 aliphatic heterocycles. The molecule has 0 saturated carbocycles. The molecule has 5 amide bonds. The van der Waals surface area contributed by atoms with Crippen LogP contribution in [0.1, 0.15) is 12.5 Å². The van der Waals surface area contributed by atoms with E-state index in [0.717, 1.165) is 0 Å². The van der Waals surface area contributed by atoms with E-state index in [0.29, 0.717) is 16.3 Å². The number of halogens is 2. The Bertz CT molecular complexity index is 1090. The number of amides is 5. The van der Waals surface area contributed by atoms with Crippen LogP contribution in [-0.4, -0.2) is 37.0 Å². The van der Waals surface area contributed by atoms with Gasteiger partial charge in [0.1, 0.15) is 5.57 Å². The van der Waals surface area contributed by atoms with Crippen LogP contribution in [0.5, 0.6) is 11.5 Å². The summed E-state index contributed by atoms with van der Waals surface area (Å²) in [6.07, 6.45) is 1.25. The summed E-state index contributed by atoms with van der Waals surface area (Å²) in [5.74, 6) is -1.79. The first-order valence-electron chi connectivity index (χ1n) is 9.29. The summed E-state index contributed by atoms with van der Waals surface area (Å²) in [5, 5.41) is 7.25. The molecule has 3 N–H and O–H groups in total. The molecule has 0 bridgehead atoms. The standard InChI is InChI=1S/C21H17Cl2N3O6/c1-2-31-16-9-11(7-14-19(28)25-21(30)26-20(14)29)8-15(23)18(16)32-10-17(27)24-13-5-3-12(22)4-6-13/h3-9H,2,10H2,1H3,(H,24,27)(H2,25,26,28,29,30). The SMILES string of the molecule is CCOc1cc(C=C2C(=O)NC(=O)NC2=O)cc(Cl)c1OCC(=O)Nc1ccc(Cl)cc1. The van der Waals surface area contributed by atoms with E-state index in [9.17, 15) is 19.2 Å². The molecule has 166 valence electrons. The van der Waals surface area contributed by atoms with Gasteiger partial charge in [-0.1, -0.05) is 23.2 Å². The first kappa shape index (κ1) is 23.1. The van der Waals surface area contributed by atoms with Crippen molar-refractivity contribution >= 4 is 58.7 Å². The lowest BCUT2D eigenvalue weighted by Crippen LogP contribution is -2.51. The molecule has 1 fully saturated rings. The van der Waals surface area contributed by atoms with E-state index in [1.807, 2.05) is 10.6 Å². The van der Waals surface area contributed by atoms with Gasteiger partial charge < -0.3 is 14.8 Å². The molecule has 0 atom stereocenters. The van der Waals surface area contributed by atoms with E-state index >= 15 is 0 Å². The van der Waals surface area contributed by atoms with Crippen molar-refractivity contribution in [3.8, 4) is 11.5 Å². The molecule has 2 aromatic carbocycles. The Morgan fingerprint density at radius 3 is 2.31 bits per heavy atom. The van der Waals surface area contributed by atoms with Gasteiger partial charge in [-0.05, 0) is 55.0 Å². The van der Waals surface area contributed by atoms with E-state index in [4.69, 9.17) is 32.7 Å². The molecule has 32 heavy (non-hydrogen) atoms. The Morgan fingerprint density at radius 1 is 1.03 bits per heavy atom. The molecule has 9 nitrogen and oxygen atoms in total. The molecule has 1 aliphatic rings. The third-order valence-corrected chi connectivity index (χ3v) is 4.59. The van der Waals surface area contributed by atoms with Crippen LogP contribution < -0.4 is 25.4 Å². The zero-order chi connectivity index (χ0) is 23.3. The summed E-state index contributed by atoms with van der Waals surface area (Å²) in [7, 11) is 0. The largest absolute Gasteiger partial charge is 0.490 e. The van der Waals surface area contributed by atoms with E-state index in [2.05, 4.69) is 5.32 Å². The molecule has 0 aromatic heterocycles. The summed E-state index contributed by atoms with van der Waals surface area (Å²) in [4.78, 5) is 47.2. The number of nitrogens with one attached hydrogen (secondary N) is 3. The Labute approximate surface area is 192 Å². The van der Waals surface area contributed by atoms with Crippen LogP contribution in [0.2, 0.25) is 10.0 Å². The Balaban J connectivity index is 1.78. The monoisotopic (exact) mass is 477 g/mol. The number of imide groups is 2. The maximum absolute atomic E-state index is 12.2. The average molecular weight is 478 g/mol. The van der Waals surface area contributed by atoms with Gasteiger partial charge in [0.25, 0.3) is 17.7 Å². The molecule has 2 aromatic rings. The molecule has 1 heterocycles. The minimum absolute atomic E-state index is 0.0924. The van der Waals surface area contributed by atoms with Crippen LogP contribution in [0.3, 0.4) is 0 Å². The average Bonchev–Trinajstić information content (AvgIpc) is 2.72. The first-order valence-corrected chi connectivity index (χ1v) is 10.1. The number of ether oxygens (including phenoxy) is 2. The molecular weight excluding hydrogens is 461 g/mol. The van der Waals surface area contributed by atoms with Crippen molar-refractivity contribution in [2.45, 2.75) is 6.92 Å². The lowest BCUT2D eigenvalue weighted by Gasteiger charge is -2.16.